The number of aliphatic carboxylic acids is 1. The Labute approximate surface area is 115 Å². The average molecular weight is 285 g/mol. The molecule has 1 fully saturated rings. The molecule has 110 valence electrons. The first-order valence-electron chi connectivity index (χ1n) is 6.50. The summed E-state index contributed by atoms with van der Waals surface area (Å²) in [6, 6.07) is 3.64. The van der Waals surface area contributed by atoms with Crippen LogP contribution in [0.25, 0.3) is 0 Å². The Morgan fingerprint density at radius 1 is 1.45 bits per heavy atom. The van der Waals surface area contributed by atoms with E-state index in [1.807, 2.05) is 0 Å². The number of rotatable bonds is 7. The molecule has 2 N–H and O–H groups in total. The Kier molecular flexibility index (Phi) is 4.23. The number of benzene rings is 1. The van der Waals surface area contributed by atoms with Crippen molar-refractivity contribution in [2.45, 2.75) is 37.8 Å². The van der Waals surface area contributed by atoms with Crippen molar-refractivity contribution in [2.75, 3.05) is 6.61 Å². The largest absolute Gasteiger partial charge is 0.488 e. The van der Waals surface area contributed by atoms with Gasteiger partial charge in [0.25, 0.3) is 0 Å². The van der Waals surface area contributed by atoms with E-state index in [1.54, 1.807) is 6.92 Å². The first-order valence-corrected chi connectivity index (χ1v) is 6.50. The van der Waals surface area contributed by atoms with Gasteiger partial charge in [-0.1, -0.05) is 6.07 Å². The van der Waals surface area contributed by atoms with Crippen LogP contribution >= 0.6 is 0 Å². The van der Waals surface area contributed by atoms with E-state index in [0.717, 1.165) is 25.0 Å². The van der Waals surface area contributed by atoms with E-state index in [2.05, 4.69) is 5.32 Å². The minimum Gasteiger partial charge on any atom is -0.488 e. The molecule has 0 amide bonds. The Morgan fingerprint density at radius 3 is 2.55 bits per heavy atom. The molecule has 0 radical (unpaired) electrons. The van der Waals surface area contributed by atoms with Crippen LogP contribution in [0.15, 0.2) is 18.2 Å². The van der Waals surface area contributed by atoms with Crippen molar-refractivity contribution in [2.24, 2.45) is 0 Å². The molecule has 1 aromatic carbocycles. The first kappa shape index (κ1) is 14.7. The molecule has 2 rings (SSSR count). The molecule has 1 aliphatic rings. The lowest BCUT2D eigenvalue weighted by Crippen LogP contribution is -2.51. The van der Waals surface area contributed by atoms with Gasteiger partial charge in [0.05, 0.1) is 6.61 Å². The fourth-order valence-electron chi connectivity index (χ4n) is 1.90. The van der Waals surface area contributed by atoms with E-state index in [4.69, 9.17) is 4.74 Å². The van der Waals surface area contributed by atoms with Crippen molar-refractivity contribution < 1.29 is 23.4 Å². The van der Waals surface area contributed by atoms with E-state index < -0.39 is 28.9 Å². The quantitative estimate of drug-likeness (QED) is 0.807. The zero-order valence-corrected chi connectivity index (χ0v) is 11.2. The summed E-state index contributed by atoms with van der Waals surface area (Å²) in [6.07, 6.45) is 2.02. The first-order chi connectivity index (χ1) is 9.42. The van der Waals surface area contributed by atoms with Crippen LogP contribution < -0.4 is 10.1 Å². The topological polar surface area (TPSA) is 58.6 Å². The molecule has 4 nitrogen and oxygen atoms in total. The molecule has 1 saturated carbocycles. The normalized spacial score (nSPS) is 17.6. The lowest BCUT2D eigenvalue weighted by Gasteiger charge is -2.26. The van der Waals surface area contributed by atoms with E-state index in [0.29, 0.717) is 0 Å². The number of ether oxygens (including phenoxy) is 1. The molecule has 0 aromatic heterocycles. The number of carbonyl (C=O) groups is 1. The Bertz CT molecular complexity index is 485. The van der Waals surface area contributed by atoms with Crippen LogP contribution in [-0.2, 0) is 4.79 Å². The smallest absolute Gasteiger partial charge is 0.323 e. The SMILES string of the molecule is CC(CCOc1c(F)cccc1F)(NC1CC1)C(=O)O. The molecule has 0 saturated heterocycles. The summed E-state index contributed by atoms with van der Waals surface area (Å²) in [5.74, 6) is -3.05. The van der Waals surface area contributed by atoms with Gasteiger partial charge in [-0.3, -0.25) is 10.1 Å². The maximum atomic E-state index is 13.4. The minimum atomic E-state index is -1.15. The molecule has 0 spiro atoms. The van der Waals surface area contributed by atoms with Crippen molar-refractivity contribution in [1.82, 2.24) is 5.32 Å². The van der Waals surface area contributed by atoms with Crippen molar-refractivity contribution in [3.8, 4) is 5.75 Å². The summed E-state index contributed by atoms with van der Waals surface area (Å²) in [7, 11) is 0. The molecule has 20 heavy (non-hydrogen) atoms. The minimum absolute atomic E-state index is 0.0830. The van der Waals surface area contributed by atoms with E-state index in [9.17, 15) is 18.7 Å². The van der Waals surface area contributed by atoms with Crippen LogP contribution in [0.3, 0.4) is 0 Å². The van der Waals surface area contributed by atoms with Gasteiger partial charge >= 0.3 is 5.97 Å². The average Bonchev–Trinajstić information content (AvgIpc) is 3.16. The van der Waals surface area contributed by atoms with Gasteiger partial charge in [0.15, 0.2) is 17.4 Å². The van der Waals surface area contributed by atoms with Gasteiger partial charge < -0.3 is 9.84 Å². The second-order valence-corrected chi connectivity index (χ2v) is 5.21. The van der Waals surface area contributed by atoms with Crippen LogP contribution in [0.5, 0.6) is 5.75 Å². The summed E-state index contributed by atoms with van der Waals surface area (Å²) in [5.41, 5.74) is -1.15. The number of hydrogen-bond donors (Lipinski definition) is 2. The van der Waals surface area contributed by atoms with E-state index >= 15 is 0 Å². The molecule has 1 aliphatic carbocycles. The fraction of sp³-hybridized carbons (Fsp3) is 0.500. The summed E-state index contributed by atoms with van der Waals surface area (Å²) < 4.78 is 31.8. The van der Waals surface area contributed by atoms with Gasteiger partial charge in [0.1, 0.15) is 5.54 Å². The Balaban J connectivity index is 1.94. The number of carboxylic acid groups (broad SMARTS) is 1. The summed E-state index contributed by atoms with van der Waals surface area (Å²) in [6.45, 7) is 1.47. The third-order valence-electron chi connectivity index (χ3n) is 3.34. The highest BCUT2D eigenvalue weighted by Gasteiger charge is 2.38. The molecule has 1 aromatic rings. The van der Waals surface area contributed by atoms with Gasteiger partial charge in [-0.05, 0) is 31.9 Å². The summed E-state index contributed by atoms with van der Waals surface area (Å²) >= 11 is 0. The second-order valence-electron chi connectivity index (χ2n) is 5.21. The monoisotopic (exact) mass is 285 g/mol. The van der Waals surface area contributed by atoms with Gasteiger partial charge in [-0.25, -0.2) is 8.78 Å². The van der Waals surface area contributed by atoms with Gasteiger partial charge in [0, 0.05) is 12.5 Å². The van der Waals surface area contributed by atoms with Crippen molar-refractivity contribution in [3.63, 3.8) is 0 Å². The lowest BCUT2D eigenvalue weighted by molar-refractivity contribution is -0.144. The molecule has 1 unspecified atom stereocenters. The lowest BCUT2D eigenvalue weighted by atomic mass is 9.98. The van der Waals surface area contributed by atoms with Crippen LogP contribution in [0.2, 0.25) is 0 Å². The van der Waals surface area contributed by atoms with Crippen LogP contribution in [0.1, 0.15) is 26.2 Å². The standard InChI is InChI=1S/C14H17F2NO3/c1-14(13(18)19,17-9-5-6-9)7-8-20-12-10(15)3-2-4-11(12)16/h2-4,9,17H,5-8H2,1H3,(H,18,19). The van der Waals surface area contributed by atoms with Gasteiger partial charge in [-0.2, -0.15) is 0 Å². The zero-order valence-electron chi connectivity index (χ0n) is 11.2. The maximum Gasteiger partial charge on any atom is 0.323 e. The maximum absolute atomic E-state index is 13.4. The molecule has 6 heteroatoms. The highest BCUT2D eigenvalue weighted by Crippen LogP contribution is 2.25. The molecule has 1 atom stereocenters. The number of hydrogen-bond acceptors (Lipinski definition) is 3. The van der Waals surface area contributed by atoms with Gasteiger partial charge in [0.2, 0.25) is 0 Å². The third kappa shape index (κ3) is 3.45. The molecular formula is C14H17F2NO3. The second kappa shape index (κ2) is 5.75. The Morgan fingerprint density at radius 2 is 2.05 bits per heavy atom. The Hall–Kier alpha value is -1.69. The molecule has 0 heterocycles. The molecular weight excluding hydrogens is 268 g/mol. The van der Waals surface area contributed by atoms with Crippen molar-refractivity contribution in [1.29, 1.82) is 0 Å². The van der Waals surface area contributed by atoms with Crippen LogP contribution in [0.4, 0.5) is 8.78 Å². The molecule has 0 bridgehead atoms. The summed E-state index contributed by atoms with van der Waals surface area (Å²) in [5, 5.41) is 12.3. The predicted octanol–water partition coefficient (Wildman–Crippen LogP) is 2.33. The van der Waals surface area contributed by atoms with Crippen molar-refractivity contribution in [3.05, 3.63) is 29.8 Å². The summed E-state index contributed by atoms with van der Waals surface area (Å²) in [4.78, 5) is 11.3. The van der Waals surface area contributed by atoms with Crippen molar-refractivity contribution >= 4 is 5.97 Å². The fourth-order valence-corrected chi connectivity index (χ4v) is 1.90. The van der Waals surface area contributed by atoms with Crippen LogP contribution in [0, 0.1) is 11.6 Å². The zero-order chi connectivity index (χ0) is 14.8. The number of halogens is 2. The number of nitrogens with one attached hydrogen (secondary N) is 1. The highest BCUT2D eigenvalue weighted by molar-refractivity contribution is 5.78. The van der Waals surface area contributed by atoms with Crippen LogP contribution in [-0.4, -0.2) is 29.3 Å². The highest BCUT2D eigenvalue weighted by atomic mass is 19.1. The van der Waals surface area contributed by atoms with E-state index in [1.165, 1.54) is 6.07 Å². The van der Waals surface area contributed by atoms with E-state index in [-0.39, 0.29) is 19.1 Å². The third-order valence-corrected chi connectivity index (χ3v) is 3.34. The number of carboxylic acids is 1. The number of para-hydroxylation sites is 1. The van der Waals surface area contributed by atoms with Gasteiger partial charge in [-0.15, -0.1) is 0 Å². The predicted molar refractivity (Wildman–Crippen MR) is 68.7 cm³/mol. The molecule has 0 aliphatic heterocycles.